The van der Waals surface area contributed by atoms with Crippen LogP contribution in [0.15, 0.2) is 18.6 Å². The van der Waals surface area contributed by atoms with E-state index < -0.39 is 11.9 Å². The second-order valence-corrected chi connectivity index (χ2v) is 2.34. The average molecular weight is 213 g/mol. The van der Waals surface area contributed by atoms with Crippen molar-refractivity contribution in [2.75, 3.05) is 7.05 Å². The lowest BCUT2D eigenvalue weighted by Crippen LogP contribution is -2.09. The Bertz CT molecular complexity index is 303. The molecule has 0 unspecified atom stereocenters. The van der Waals surface area contributed by atoms with Gasteiger partial charge in [0.05, 0.1) is 5.69 Å². The first-order valence-electron chi connectivity index (χ1n) is 3.93. The minimum Gasteiger partial charge on any atom is -0.473 e. The van der Waals surface area contributed by atoms with E-state index in [-0.39, 0.29) is 0 Å². The van der Waals surface area contributed by atoms with Crippen LogP contribution in [0.2, 0.25) is 0 Å². The highest BCUT2D eigenvalue weighted by molar-refractivity contribution is 6.27. The number of hydrogen-bond donors (Lipinski definition) is 3. The Labute approximate surface area is 85.8 Å². The maximum atomic E-state index is 9.10. The van der Waals surface area contributed by atoms with Crippen LogP contribution in [0.5, 0.6) is 0 Å². The third kappa shape index (κ3) is 7.08. The number of carboxylic acids is 2. The molecule has 0 saturated heterocycles. The van der Waals surface area contributed by atoms with E-state index in [1.807, 2.05) is 7.05 Å². The first-order chi connectivity index (χ1) is 7.07. The monoisotopic (exact) mass is 213 g/mol. The summed E-state index contributed by atoms with van der Waals surface area (Å²) in [6.45, 7) is 0.786. The van der Waals surface area contributed by atoms with Gasteiger partial charge in [0, 0.05) is 25.1 Å². The SMILES string of the molecule is CNCc1cnccn1.O=C(O)C(=O)O. The summed E-state index contributed by atoms with van der Waals surface area (Å²) in [6, 6.07) is 0. The van der Waals surface area contributed by atoms with Gasteiger partial charge in [0.2, 0.25) is 0 Å². The summed E-state index contributed by atoms with van der Waals surface area (Å²) in [6.07, 6.45) is 5.10. The molecule has 0 aromatic carbocycles. The molecule has 0 aliphatic heterocycles. The van der Waals surface area contributed by atoms with Gasteiger partial charge in [0.1, 0.15) is 0 Å². The van der Waals surface area contributed by atoms with Crippen molar-refractivity contribution >= 4 is 11.9 Å². The van der Waals surface area contributed by atoms with E-state index in [0.29, 0.717) is 0 Å². The maximum Gasteiger partial charge on any atom is 0.414 e. The average Bonchev–Trinajstić information content (AvgIpc) is 2.20. The van der Waals surface area contributed by atoms with Crippen molar-refractivity contribution in [1.29, 1.82) is 0 Å². The maximum absolute atomic E-state index is 9.10. The Hall–Kier alpha value is -2.02. The summed E-state index contributed by atoms with van der Waals surface area (Å²) < 4.78 is 0. The van der Waals surface area contributed by atoms with Crippen molar-refractivity contribution in [3.05, 3.63) is 24.3 Å². The molecule has 0 radical (unpaired) electrons. The minimum absolute atomic E-state index is 0.786. The van der Waals surface area contributed by atoms with E-state index in [4.69, 9.17) is 19.8 Å². The molecule has 15 heavy (non-hydrogen) atoms. The van der Waals surface area contributed by atoms with Crippen molar-refractivity contribution in [3.8, 4) is 0 Å². The van der Waals surface area contributed by atoms with Crippen molar-refractivity contribution in [2.24, 2.45) is 0 Å². The molecular weight excluding hydrogens is 202 g/mol. The van der Waals surface area contributed by atoms with Crippen LogP contribution in [0.1, 0.15) is 5.69 Å². The number of carboxylic acid groups (broad SMARTS) is 2. The Balaban J connectivity index is 0.000000288. The molecule has 0 saturated carbocycles. The number of nitrogens with zero attached hydrogens (tertiary/aromatic N) is 2. The molecule has 1 rings (SSSR count). The van der Waals surface area contributed by atoms with E-state index in [1.165, 1.54) is 0 Å². The van der Waals surface area contributed by atoms with Crippen LogP contribution in [0.25, 0.3) is 0 Å². The topological polar surface area (TPSA) is 112 Å². The van der Waals surface area contributed by atoms with Crippen LogP contribution in [0.4, 0.5) is 0 Å². The van der Waals surface area contributed by atoms with Gasteiger partial charge in [-0.15, -0.1) is 0 Å². The molecule has 0 bridgehead atoms. The highest BCUT2D eigenvalue weighted by Gasteiger charge is 2.04. The van der Waals surface area contributed by atoms with Crippen LogP contribution in [0.3, 0.4) is 0 Å². The van der Waals surface area contributed by atoms with E-state index >= 15 is 0 Å². The third-order valence-corrected chi connectivity index (χ3v) is 1.16. The Morgan fingerprint density at radius 2 is 1.93 bits per heavy atom. The third-order valence-electron chi connectivity index (χ3n) is 1.16. The van der Waals surface area contributed by atoms with E-state index in [9.17, 15) is 0 Å². The largest absolute Gasteiger partial charge is 0.473 e. The molecule has 0 atom stereocenters. The van der Waals surface area contributed by atoms with Crippen LogP contribution < -0.4 is 5.32 Å². The number of rotatable bonds is 2. The molecule has 0 aliphatic carbocycles. The van der Waals surface area contributed by atoms with Crippen molar-refractivity contribution in [1.82, 2.24) is 15.3 Å². The lowest BCUT2D eigenvalue weighted by Gasteiger charge is -1.94. The zero-order valence-electron chi connectivity index (χ0n) is 8.04. The van der Waals surface area contributed by atoms with Crippen LogP contribution in [-0.2, 0) is 16.1 Å². The molecule has 0 spiro atoms. The lowest BCUT2D eigenvalue weighted by molar-refractivity contribution is -0.159. The summed E-state index contributed by atoms with van der Waals surface area (Å²) >= 11 is 0. The number of nitrogens with one attached hydrogen (secondary N) is 1. The van der Waals surface area contributed by atoms with E-state index in [1.54, 1.807) is 18.6 Å². The first kappa shape index (κ1) is 13.0. The predicted molar refractivity (Wildman–Crippen MR) is 50.1 cm³/mol. The first-order valence-corrected chi connectivity index (χ1v) is 3.93. The number of hydrogen-bond acceptors (Lipinski definition) is 5. The van der Waals surface area contributed by atoms with Gasteiger partial charge in [-0.05, 0) is 7.05 Å². The fraction of sp³-hybridized carbons (Fsp3) is 0.250. The van der Waals surface area contributed by atoms with Gasteiger partial charge in [-0.25, -0.2) is 9.59 Å². The second kappa shape index (κ2) is 7.39. The molecule has 7 nitrogen and oxygen atoms in total. The van der Waals surface area contributed by atoms with Crippen LogP contribution in [0, 0.1) is 0 Å². The number of aliphatic carboxylic acids is 2. The summed E-state index contributed by atoms with van der Waals surface area (Å²) in [7, 11) is 1.88. The Morgan fingerprint density at radius 1 is 1.33 bits per heavy atom. The van der Waals surface area contributed by atoms with Gasteiger partial charge < -0.3 is 15.5 Å². The molecule has 3 N–H and O–H groups in total. The molecule has 1 aromatic rings. The zero-order chi connectivity index (χ0) is 11.7. The van der Waals surface area contributed by atoms with E-state index in [0.717, 1.165) is 12.2 Å². The molecule has 0 amide bonds. The molecular formula is C8H11N3O4. The molecule has 1 aromatic heterocycles. The van der Waals surface area contributed by atoms with Crippen molar-refractivity contribution < 1.29 is 19.8 Å². The van der Waals surface area contributed by atoms with Crippen LogP contribution in [-0.4, -0.2) is 39.2 Å². The van der Waals surface area contributed by atoms with Crippen LogP contribution >= 0.6 is 0 Å². The fourth-order valence-electron chi connectivity index (χ4n) is 0.602. The summed E-state index contributed by atoms with van der Waals surface area (Å²) in [5.41, 5.74) is 0.972. The zero-order valence-corrected chi connectivity index (χ0v) is 8.04. The Kier molecular flexibility index (Phi) is 6.39. The summed E-state index contributed by atoms with van der Waals surface area (Å²) in [4.78, 5) is 26.1. The molecule has 82 valence electrons. The van der Waals surface area contributed by atoms with Crippen molar-refractivity contribution in [3.63, 3.8) is 0 Å². The van der Waals surface area contributed by atoms with Gasteiger partial charge in [0.25, 0.3) is 0 Å². The van der Waals surface area contributed by atoms with Gasteiger partial charge in [0.15, 0.2) is 0 Å². The highest BCUT2D eigenvalue weighted by Crippen LogP contribution is 1.86. The summed E-state index contributed by atoms with van der Waals surface area (Å²) in [5.74, 6) is -3.65. The van der Waals surface area contributed by atoms with Gasteiger partial charge in [-0.2, -0.15) is 0 Å². The Morgan fingerprint density at radius 3 is 2.27 bits per heavy atom. The number of carbonyl (C=O) groups is 2. The van der Waals surface area contributed by atoms with Gasteiger partial charge in [-0.3, -0.25) is 9.97 Å². The predicted octanol–water partition coefficient (Wildman–Crippen LogP) is -0.648. The standard InChI is InChI=1S/C6H9N3.C2H2O4/c1-7-4-6-5-8-2-3-9-6;3-1(4)2(5)6/h2-3,5,7H,4H2,1H3;(H,3,4)(H,5,6). The van der Waals surface area contributed by atoms with Gasteiger partial charge >= 0.3 is 11.9 Å². The molecule has 0 aliphatic rings. The van der Waals surface area contributed by atoms with Gasteiger partial charge in [-0.1, -0.05) is 0 Å². The summed E-state index contributed by atoms with van der Waals surface area (Å²) in [5, 5.41) is 17.8. The quantitative estimate of drug-likeness (QED) is 0.559. The minimum atomic E-state index is -1.82. The van der Waals surface area contributed by atoms with Crippen molar-refractivity contribution in [2.45, 2.75) is 6.54 Å². The van der Waals surface area contributed by atoms with E-state index in [2.05, 4.69) is 15.3 Å². The smallest absolute Gasteiger partial charge is 0.414 e. The highest BCUT2D eigenvalue weighted by atomic mass is 16.4. The lowest BCUT2D eigenvalue weighted by atomic mass is 10.4. The second-order valence-electron chi connectivity index (χ2n) is 2.34. The normalized spacial score (nSPS) is 8.60. The molecule has 7 heteroatoms. The number of aromatic nitrogens is 2. The molecule has 0 fully saturated rings. The molecule has 1 heterocycles. The fourth-order valence-corrected chi connectivity index (χ4v) is 0.602.